The molecule has 0 saturated heterocycles. The van der Waals surface area contributed by atoms with E-state index < -0.39 is 4.92 Å². The van der Waals surface area contributed by atoms with Crippen LogP contribution in [0.4, 0.5) is 10.8 Å². The number of aromatic nitrogens is 3. The fraction of sp³-hybridized carbons (Fsp3) is 0.133. The predicted octanol–water partition coefficient (Wildman–Crippen LogP) is 3.18. The van der Waals surface area contributed by atoms with E-state index in [-0.39, 0.29) is 17.3 Å². The molecule has 2 heterocycles. The number of amides is 1. The quantitative estimate of drug-likeness (QED) is 0.403. The summed E-state index contributed by atoms with van der Waals surface area (Å²) >= 11 is 2.60. The predicted molar refractivity (Wildman–Crippen MR) is 96.8 cm³/mol. The lowest BCUT2D eigenvalue weighted by Crippen LogP contribution is -2.14. The Morgan fingerprint density at radius 2 is 2.32 bits per heavy atom. The minimum Gasteiger partial charge on any atom is -0.329 e. The fourth-order valence-corrected chi connectivity index (χ4v) is 3.49. The molecule has 0 aliphatic rings. The molecule has 1 N–H and O–H groups in total. The highest BCUT2D eigenvalue weighted by atomic mass is 32.2. The zero-order valence-electron chi connectivity index (χ0n) is 13.1. The van der Waals surface area contributed by atoms with Crippen molar-refractivity contribution in [2.45, 2.75) is 5.16 Å². The molecule has 0 radical (unpaired) electrons. The molecule has 0 bridgehead atoms. The van der Waals surface area contributed by atoms with Crippen molar-refractivity contribution in [3.8, 4) is 11.3 Å². The molecule has 0 unspecified atom stereocenters. The number of thioether (sulfide) groups is 1. The number of aryl methyl sites for hydroxylation is 1. The number of hydrogen-bond acceptors (Lipinski definition) is 7. The lowest BCUT2D eigenvalue weighted by molar-refractivity contribution is -0.384. The van der Waals surface area contributed by atoms with E-state index in [1.807, 2.05) is 17.8 Å². The van der Waals surface area contributed by atoms with Crippen LogP contribution in [0.3, 0.4) is 0 Å². The summed E-state index contributed by atoms with van der Waals surface area (Å²) in [4.78, 5) is 30.9. The molecule has 8 nitrogen and oxygen atoms in total. The van der Waals surface area contributed by atoms with Gasteiger partial charge in [0.2, 0.25) is 5.91 Å². The highest BCUT2D eigenvalue weighted by molar-refractivity contribution is 7.99. The number of nitro groups is 1. The summed E-state index contributed by atoms with van der Waals surface area (Å²) in [5, 5.41) is 16.5. The van der Waals surface area contributed by atoms with Crippen LogP contribution in [0.1, 0.15) is 0 Å². The largest absolute Gasteiger partial charge is 0.329 e. The molecule has 0 saturated carbocycles. The topological polar surface area (TPSA) is 103 Å². The van der Waals surface area contributed by atoms with Crippen molar-refractivity contribution in [1.29, 1.82) is 0 Å². The zero-order chi connectivity index (χ0) is 17.8. The van der Waals surface area contributed by atoms with Crippen molar-refractivity contribution >= 4 is 39.8 Å². The van der Waals surface area contributed by atoms with Crippen LogP contribution in [0.25, 0.3) is 11.3 Å². The molecule has 3 aromatic rings. The van der Waals surface area contributed by atoms with E-state index >= 15 is 0 Å². The van der Waals surface area contributed by atoms with Crippen LogP contribution in [-0.2, 0) is 11.8 Å². The Hall–Kier alpha value is -2.72. The Kier molecular flexibility index (Phi) is 5.10. The van der Waals surface area contributed by atoms with Gasteiger partial charge in [-0.05, 0) is 0 Å². The van der Waals surface area contributed by atoms with Gasteiger partial charge in [-0.15, -0.1) is 11.3 Å². The second kappa shape index (κ2) is 7.45. The summed E-state index contributed by atoms with van der Waals surface area (Å²) in [5.41, 5.74) is 1.22. The van der Waals surface area contributed by atoms with Gasteiger partial charge in [0.25, 0.3) is 5.69 Å². The van der Waals surface area contributed by atoms with E-state index in [1.165, 1.54) is 35.2 Å². The summed E-state index contributed by atoms with van der Waals surface area (Å²) in [6, 6.07) is 6.23. The minimum absolute atomic E-state index is 0.00236. The summed E-state index contributed by atoms with van der Waals surface area (Å²) in [5.74, 6) is 0.0317. The van der Waals surface area contributed by atoms with E-state index in [0.717, 1.165) is 5.16 Å². The van der Waals surface area contributed by atoms with Gasteiger partial charge in [-0.2, -0.15) is 0 Å². The maximum atomic E-state index is 12.0. The van der Waals surface area contributed by atoms with Crippen molar-refractivity contribution in [3.05, 3.63) is 52.2 Å². The van der Waals surface area contributed by atoms with Gasteiger partial charge in [0.15, 0.2) is 10.3 Å². The Morgan fingerprint density at radius 3 is 3.04 bits per heavy atom. The van der Waals surface area contributed by atoms with Gasteiger partial charge in [-0.3, -0.25) is 14.9 Å². The Bertz CT molecular complexity index is 921. The molecule has 0 atom stereocenters. The van der Waals surface area contributed by atoms with Gasteiger partial charge in [0, 0.05) is 42.5 Å². The average molecular weight is 375 g/mol. The SMILES string of the molecule is Cn1ccnc1SCC(=O)Nc1nc(-c2cccc([N+](=O)[O-])c2)cs1. The van der Waals surface area contributed by atoms with Gasteiger partial charge in [0.1, 0.15) is 0 Å². The molecule has 1 amide bonds. The standard InChI is InChI=1S/C15H13N5O3S2/c1-19-6-5-16-15(19)25-9-13(21)18-14-17-12(8-24-14)10-3-2-4-11(7-10)20(22)23/h2-8H,9H2,1H3,(H,17,18,21). The van der Waals surface area contributed by atoms with E-state index in [4.69, 9.17) is 0 Å². The normalized spacial score (nSPS) is 10.6. The van der Waals surface area contributed by atoms with Crippen LogP contribution in [0, 0.1) is 10.1 Å². The Balaban J connectivity index is 1.63. The number of carbonyl (C=O) groups is 1. The molecule has 0 spiro atoms. The van der Waals surface area contributed by atoms with Gasteiger partial charge in [-0.25, -0.2) is 9.97 Å². The summed E-state index contributed by atoms with van der Waals surface area (Å²) in [7, 11) is 1.86. The third kappa shape index (κ3) is 4.22. The van der Waals surface area contributed by atoms with Gasteiger partial charge >= 0.3 is 0 Å². The molecular weight excluding hydrogens is 362 g/mol. The van der Waals surface area contributed by atoms with E-state index in [2.05, 4.69) is 15.3 Å². The van der Waals surface area contributed by atoms with E-state index in [9.17, 15) is 14.9 Å². The van der Waals surface area contributed by atoms with Crippen molar-refractivity contribution < 1.29 is 9.72 Å². The number of nitro benzene ring substituents is 1. The van der Waals surface area contributed by atoms with Crippen LogP contribution in [0.5, 0.6) is 0 Å². The van der Waals surface area contributed by atoms with Crippen LogP contribution < -0.4 is 5.32 Å². The molecule has 128 valence electrons. The number of carbonyl (C=O) groups excluding carboxylic acids is 1. The van der Waals surface area contributed by atoms with Crippen LogP contribution >= 0.6 is 23.1 Å². The second-order valence-electron chi connectivity index (χ2n) is 5.00. The second-order valence-corrected chi connectivity index (χ2v) is 6.80. The van der Waals surface area contributed by atoms with Crippen molar-refractivity contribution in [1.82, 2.24) is 14.5 Å². The zero-order valence-corrected chi connectivity index (χ0v) is 14.7. The van der Waals surface area contributed by atoms with Crippen molar-refractivity contribution in [2.24, 2.45) is 7.05 Å². The monoisotopic (exact) mass is 375 g/mol. The number of imidazole rings is 1. The molecule has 1 aromatic carbocycles. The number of benzene rings is 1. The third-order valence-corrected chi connectivity index (χ3v) is 5.03. The molecule has 0 aliphatic carbocycles. The molecule has 0 aliphatic heterocycles. The van der Waals surface area contributed by atoms with Crippen LogP contribution in [0.15, 0.2) is 47.2 Å². The van der Waals surface area contributed by atoms with Gasteiger partial charge < -0.3 is 9.88 Å². The maximum Gasteiger partial charge on any atom is 0.270 e. The first kappa shape index (κ1) is 17.1. The van der Waals surface area contributed by atoms with E-state index in [0.29, 0.717) is 16.4 Å². The minimum atomic E-state index is -0.451. The molecule has 3 rings (SSSR count). The first-order chi connectivity index (χ1) is 12.0. The van der Waals surface area contributed by atoms with Gasteiger partial charge in [-0.1, -0.05) is 23.9 Å². The number of hydrogen-bond donors (Lipinski definition) is 1. The fourth-order valence-electron chi connectivity index (χ4n) is 2.02. The van der Waals surface area contributed by atoms with Gasteiger partial charge in [0.05, 0.1) is 16.4 Å². The number of nitrogens with zero attached hydrogens (tertiary/aromatic N) is 4. The third-order valence-electron chi connectivity index (χ3n) is 3.21. The molecular formula is C15H13N5O3S2. The molecule has 25 heavy (non-hydrogen) atoms. The number of thiazole rings is 1. The van der Waals surface area contributed by atoms with E-state index in [1.54, 1.807) is 23.7 Å². The first-order valence-corrected chi connectivity index (χ1v) is 9.00. The number of anilines is 1. The average Bonchev–Trinajstić information content (AvgIpc) is 3.22. The molecule has 2 aromatic heterocycles. The number of rotatable bonds is 6. The lowest BCUT2D eigenvalue weighted by Gasteiger charge is -2.02. The van der Waals surface area contributed by atoms with Crippen LogP contribution in [-0.4, -0.2) is 31.1 Å². The highest BCUT2D eigenvalue weighted by Gasteiger charge is 2.12. The molecule has 10 heteroatoms. The summed E-state index contributed by atoms with van der Waals surface area (Å²) in [6.45, 7) is 0. The summed E-state index contributed by atoms with van der Waals surface area (Å²) in [6.07, 6.45) is 3.48. The highest BCUT2D eigenvalue weighted by Crippen LogP contribution is 2.27. The Labute approximate surface area is 151 Å². The van der Waals surface area contributed by atoms with Crippen molar-refractivity contribution in [3.63, 3.8) is 0 Å². The van der Waals surface area contributed by atoms with Crippen molar-refractivity contribution in [2.75, 3.05) is 11.1 Å². The lowest BCUT2D eigenvalue weighted by atomic mass is 10.1. The Morgan fingerprint density at radius 1 is 1.48 bits per heavy atom. The molecule has 0 fully saturated rings. The number of non-ortho nitro benzene ring substituents is 1. The smallest absolute Gasteiger partial charge is 0.270 e. The van der Waals surface area contributed by atoms with Crippen LogP contribution in [0.2, 0.25) is 0 Å². The first-order valence-electron chi connectivity index (χ1n) is 7.13. The summed E-state index contributed by atoms with van der Waals surface area (Å²) < 4.78 is 1.84. The number of nitrogens with one attached hydrogen (secondary N) is 1. The maximum absolute atomic E-state index is 12.0.